The van der Waals surface area contributed by atoms with Crippen molar-refractivity contribution < 1.29 is 9.53 Å². The molecular formula is C24H29N3O2S. The third-order valence-electron chi connectivity index (χ3n) is 5.63. The molecule has 0 unspecified atom stereocenters. The maximum Gasteiger partial charge on any atom is 0.223 e. The summed E-state index contributed by atoms with van der Waals surface area (Å²) in [5, 5.41) is 4.16. The van der Waals surface area contributed by atoms with Crippen molar-refractivity contribution in [3.63, 3.8) is 0 Å². The van der Waals surface area contributed by atoms with E-state index in [9.17, 15) is 4.79 Å². The molecule has 1 saturated heterocycles. The van der Waals surface area contributed by atoms with Crippen LogP contribution in [0.2, 0.25) is 0 Å². The predicted octanol–water partition coefficient (Wildman–Crippen LogP) is 4.58. The highest BCUT2D eigenvalue weighted by atomic mass is 32.1. The van der Waals surface area contributed by atoms with Crippen molar-refractivity contribution in [1.29, 1.82) is 0 Å². The van der Waals surface area contributed by atoms with Crippen LogP contribution in [-0.4, -0.2) is 37.1 Å². The van der Waals surface area contributed by atoms with Gasteiger partial charge in [-0.25, -0.2) is 4.98 Å². The molecule has 1 aromatic heterocycles. The second-order valence-corrected chi connectivity index (χ2v) is 8.86. The van der Waals surface area contributed by atoms with Crippen LogP contribution in [0.4, 0.5) is 5.13 Å². The number of fused-ring (bicyclic) bond motifs is 1. The highest BCUT2D eigenvalue weighted by Gasteiger charge is 2.26. The van der Waals surface area contributed by atoms with E-state index in [1.54, 1.807) is 11.3 Å². The van der Waals surface area contributed by atoms with Crippen molar-refractivity contribution in [3.05, 3.63) is 53.6 Å². The Labute approximate surface area is 182 Å². The van der Waals surface area contributed by atoms with E-state index in [0.29, 0.717) is 13.2 Å². The summed E-state index contributed by atoms with van der Waals surface area (Å²) in [5.41, 5.74) is 3.53. The summed E-state index contributed by atoms with van der Waals surface area (Å²) in [7, 11) is 0. The monoisotopic (exact) mass is 423 g/mol. The molecule has 0 spiro atoms. The van der Waals surface area contributed by atoms with Crippen LogP contribution in [0.25, 0.3) is 10.2 Å². The number of carbonyl (C=O) groups is 1. The molecule has 2 aromatic carbocycles. The number of nitrogens with zero attached hydrogens (tertiary/aromatic N) is 2. The van der Waals surface area contributed by atoms with Gasteiger partial charge in [0.25, 0.3) is 0 Å². The number of benzene rings is 2. The van der Waals surface area contributed by atoms with Gasteiger partial charge in [-0.05, 0) is 56.9 Å². The van der Waals surface area contributed by atoms with Crippen molar-refractivity contribution in [3.8, 4) is 5.75 Å². The van der Waals surface area contributed by atoms with Crippen LogP contribution in [0, 0.1) is 12.8 Å². The Balaban J connectivity index is 1.27. The zero-order valence-electron chi connectivity index (χ0n) is 17.7. The van der Waals surface area contributed by atoms with E-state index < -0.39 is 0 Å². The number of aromatic nitrogens is 1. The first kappa shape index (κ1) is 20.7. The fraction of sp³-hybridized carbons (Fsp3) is 0.417. The highest BCUT2D eigenvalue weighted by Crippen LogP contribution is 2.33. The molecular weight excluding hydrogens is 394 g/mol. The van der Waals surface area contributed by atoms with E-state index in [1.807, 2.05) is 19.1 Å². The van der Waals surface area contributed by atoms with Crippen molar-refractivity contribution in [1.82, 2.24) is 10.3 Å². The van der Waals surface area contributed by atoms with Crippen molar-refractivity contribution in [2.75, 3.05) is 31.1 Å². The van der Waals surface area contributed by atoms with Gasteiger partial charge >= 0.3 is 0 Å². The molecule has 6 heteroatoms. The fourth-order valence-corrected chi connectivity index (χ4v) is 4.89. The predicted molar refractivity (Wildman–Crippen MR) is 124 cm³/mol. The van der Waals surface area contributed by atoms with E-state index in [4.69, 9.17) is 9.72 Å². The second-order valence-electron chi connectivity index (χ2n) is 7.85. The average Bonchev–Trinajstić information content (AvgIpc) is 3.19. The molecule has 30 heavy (non-hydrogen) atoms. The Morgan fingerprint density at radius 1 is 1.20 bits per heavy atom. The van der Waals surface area contributed by atoms with Crippen LogP contribution in [0.1, 0.15) is 30.9 Å². The number of nitrogens with one attached hydrogen (secondary N) is 1. The first-order chi connectivity index (χ1) is 14.6. The lowest BCUT2D eigenvalue weighted by Crippen LogP contribution is -2.41. The zero-order chi connectivity index (χ0) is 20.9. The van der Waals surface area contributed by atoms with Crippen LogP contribution in [0.15, 0.2) is 42.5 Å². The molecule has 1 N–H and O–H groups in total. The van der Waals surface area contributed by atoms with E-state index in [-0.39, 0.29) is 11.8 Å². The molecule has 3 aromatic rings. The first-order valence-corrected chi connectivity index (χ1v) is 11.6. The normalized spacial score (nSPS) is 14.8. The number of anilines is 1. The molecule has 1 fully saturated rings. The molecule has 5 nitrogen and oxygen atoms in total. The number of ether oxygens (including phenoxy) is 1. The van der Waals surface area contributed by atoms with E-state index in [2.05, 4.69) is 47.5 Å². The summed E-state index contributed by atoms with van der Waals surface area (Å²) in [6, 6.07) is 14.6. The van der Waals surface area contributed by atoms with Gasteiger partial charge in [0.2, 0.25) is 5.91 Å². The minimum atomic E-state index is 0.0956. The number of aryl methyl sites for hydroxylation is 1. The molecule has 0 aliphatic carbocycles. The Morgan fingerprint density at radius 2 is 1.97 bits per heavy atom. The van der Waals surface area contributed by atoms with Crippen LogP contribution in [-0.2, 0) is 11.2 Å². The van der Waals surface area contributed by atoms with Gasteiger partial charge in [-0.3, -0.25) is 4.79 Å². The summed E-state index contributed by atoms with van der Waals surface area (Å²) in [6.45, 7) is 7.18. The van der Waals surface area contributed by atoms with Gasteiger partial charge in [0, 0.05) is 25.6 Å². The number of thiazole rings is 1. The van der Waals surface area contributed by atoms with Crippen LogP contribution < -0.4 is 15.0 Å². The summed E-state index contributed by atoms with van der Waals surface area (Å²) in [4.78, 5) is 19.7. The van der Waals surface area contributed by atoms with Gasteiger partial charge in [-0.1, -0.05) is 41.2 Å². The molecule has 0 bridgehead atoms. The third kappa shape index (κ3) is 4.93. The van der Waals surface area contributed by atoms with E-state index in [1.165, 1.54) is 11.1 Å². The summed E-state index contributed by atoms with van der Waals surface area (Å²) >= 11 is 1.70. The number of amides is 1. The van der Waals surface area contributed by atoms with Gasteiger partial charge in [-0.15, -0.1) is 0 Å². The highest BCUT2D eigenvalue weighted by molar-refractivity contribution is 7.22. The van der Waals surface area contributed by atoms with Gasteiger partial charge in [0.15, 0.2) is 5.13 Å². The number of hydrogen-bond acceptors (Lipinski definition) is 5. The van der Waals surface area contributed by atoms with Crippen molar-refractivity contribution >= 4 is 32.6 Å². The molecule has 0 radical (unpaired) electrons. The lowest BCUT2D eigenvalue weighted by atomic mass is 9.96. The molecule has 158 valence electrons. The van der Waals surface area contributed by atoms with Crippen LogP contribution in [0.3, 0.4) is 0 Å². The number of rotatable bonds is 7. The maximum absolute atomic E-state index is 12.6. The number of carbonyl (C=O) groups excluding carboxylic acids is 1. The van der Waals surface area contributed by atoms with Gasteiger partial charge in [-0.2, -0.15) is 0 Å². The standard InChI is InChI=1S/C24H29N3O2S/c1-3-29-20-8-9-21-22(16-20)30-24(26-21)27-14-11-19(12-15-27)23(28)25-13-10-18-6-4-17(2)5-7-18/h4-9,16,19H,3,10-15H2,1-2H3,(H,25,28). The topological polar surface area (TPSA) is 54.5 Å². The van der Waals surface area contributed by atoms with Gasteiger partial charge < -0.3 is 15.0 Å². The summed E-state index contributed by atoms with van der Waals surface area (Å²) in [6.07, 6.45) is 2.62. The smallest absolute Gasteiger partial charge is 0.223 e. The van der Waals surface area contributed by atoms with Gasteiger partial charge in [0.1, 0.15) is 5.75 Å². The molecule has 4 rings (SSSR count). The summed E-state index contributed by atoms with van der Waals surface area (Å²) < 4.78 is 6.74. The molecule has 1 amide bonds. The third-order valence-corrected chi connectivity index (χ3v) is 6.71. The number of piperidine rings is 1. The maximum atomic E-state index is 12.6. The fourth-order valence-electron chi connectivity index (χ4n) is 3.85. The largest absolute Gasteiger partial charge is 0.494 e. The minimum Gasteiger partial charge on any atom is -0.494 e. The lowest BCUT2D eigenvalue weighted by molar-refractivity contribution is -0.125. The molecule has 0 atom stereocenters. The second kappa shape index (κ2) is 9.47. The lowest BCUT2D eigenvalue weighted by Gasteiger charge is -2.31. The van der Waals surface area contributed by atoms with Crippen molar-refractivity contribution in [2.45, 2.75) is 33.1 Å². The molecule has 1 aliphatic heterocycles. The van der Waals surface area contributed by atoms with E-state index >= 15 is 0 Å². The van der Waals surface area contributed by atoms with Crippen molar-refractivity contribution in [2.24, 2.45) is 5.92 Å². The summed E-state index contributed by atoms with van der Waals surface area (Å²) in [5.74, 6) is 1.17. The molecule has 1 aliphatic rings. The molecule has 0 saturated carbocycles. The zero-order valence-corrected chi connectivity index (χ0v) is 18.5. The van der Waals surface area contributed by atoms with Gasteiger partial charge in [0.05, 0.1) is 16.8 Å². The van der Waals surface area contributed by atoms with E-state index in [0.717, 1.165) is 53.4 Å². The quantitative estimate of drug-likeness (QED) is 0.604. The molecule has 2 heterocycles. The van der Waals surface area contributed by atoms with Crippen LogP contribution >= 0.6 is 11.3 Å². The van der Waals surface area contributed by atoms with Crippen LogP contribution in [0.5, 0.6) is 5.75 Å². The Bertz CT molecular complexity index is 991. The number of hydrogen-bond donors (Lipinski definition) is 1. The Kier molecular flexibility index (Phi) is 6.53. The first-order valence-electron chi connectivity index (χ1n) is 10.7. The Morgan fingerprint density at radius 3 is 2.70 bits per heavy atom. The Hall–Kier alpha value is -2.60. The minimum absolute atomic E-state index is 0.0956. The average molecular weight is 424 g/mol. The SMILES string of the molecule is CCOc1ccc2nc(N3CCC(C(=O)NCCc4ccc(C)cc4)CC3)sc2c1.